The van der Waals surface area contributed by atoms with Crippen LogP contribution in [-0.2, 0) is 5.41 Å². The second-order valence-electron chi connectivity index (χ2n) is 7.89. The molecule has 1 unspecified atom stereocenters. The quantitative estimate of drug-likeness (QED) is 0.678. The van der Waals surface area contributed by atoms with Gasteiger partial charge in [-0.05, 0) is 42.7 Å². The molecule has 0 saturated carbocycles. The van der Waals surface area contributed by atoms with E-state index in [-0.39, 0.29) is 5.41 Å². The molecule has 2 heteroatoms. The zero-order valence-corrected chi connectivity index (χ0v) is 15.4. The Hall–Kier alpha value is -1.31. The summed E-state index contributed by atoms with van der Waals surface area (Å²) < 4.78 is 0. The molecule has 2 nitrogen and oxygen atoms in total. The van der Waals surface area contributed by atoms with Crippen LogP contribution < -0.4 is 0 Å². The van der Waals surface area contributed by atoms with E-state index in [1.54, 1.807) is 0 Å². The third-order valence-corrected chi connectivity index (χ3v) is 4.10. The number of phenolic OH excluding ortho intramolecular Hbond substituents is 1. The number of phenols is 1. The number of hydrogen-bond donors (Lipinski definition) is 1. The Balaban J connectivity index is 2.86. The number of nitrogens with zero attached hydrogens (tertiary/aromatic N) is 1. The molecule has 1 N–H and O–H groups in total. The van der Waals surface area contributed by atoms with E-state index in [1.165, 1.54) is 12.8 Å². The number of benzene rings is 1. The number of hydrogen-bond acceptors (Lipinski definition) is 2. The van der Waals surface area contributed by atoms with Gasteiger partial charge in [0.1, 0.15) is 5.75 Å². The summed E-state index contributed by atoms with van der Waals surface area (Å²) in [5, 5.41) is 10.6. The Morgan fingerprint density at radius 2 is 1.77 bits per heavy atom. The van der Waals surface area contributed by atoms with E-state index in [2.05, 4.69) is 52.6 Å². The molecular weight excluding hydrogens is 270 g/mol. The fourth-order valence-electron chi connectivity index (χ4n) is 2.57. The largest absolute Gasteiger partial charge is 0.507 e. The summed E-state index contributed by atoms with van der Waals surface area (Å²) in [5.74, 6) is 1.14. The number of aromatic hydroxyl groups is 1. The van der Waals surface area contributed by atoms with Crippen molar-refractivity contribution < 1.29 is 5.11 Å². The smallest absolute Gasteiger partial charge is 0.128 e. The molecule has 1 aromatic rings. The van der Waals surface area contributed by atoms with Gasteiger partial charge in [0.25, 0.3) is 0 Å². The van der Waals surface area contributed by atoms with Crippen molar-refractivity contribution in [1.82, 2.24) is 0 Å². The molecule has 0 aliphatic rings. The Bertz CT molecular complexity index is 509. The van der Waals surface area contributed by atoms with Crippen LogP contribution in [0.15, 0.2) is 17.1 Å². The van der Waals surface area contributed by atoms with Gasteiger partial charge in [-0.3, -0.25) is 4.99 Å². The van der Waals surface area contributed by atoms with Gasteiger partial charge in [-0.1, -0.05) is 59.6 Å². The Morgan fingerprint density at radius 3 is 2.32 bits per heavy atom. The average molecular weight is 303 g/mol. The van der Waals surface area contributed by atoms with Crippen LogP contribution in [0.25, 0.3) is 0 Å². The lowest BCUT2D eigenvalue weighted by Gasteiger charge is -2.22. The van der Waals surface area contributed by atoms with Gasteiger partial charge in [-0.2, -0.15) is 0 Å². The fraction of sp³-hybridized carbons (Fsp3) is 0.650. The predicted octanol–water partition coefficient (Wildman–Crippen LogP) is 5.63. The van der Waals surface area contributed by atoms with Crippen molar-refractivity contribution in [2.24, 2.45) is 10.9 Å². The normalized spacial score (nSPS) is 14.0. The lowest BCUT2D eigenvalue weighted by atomic mass is 9.84. The minimum atomic E-state index is -0.0662. The molecule has 124 valence electrons. The van der Waals surface area contributed by atoms with E-state index >= 15 is 0 Å². The van der Waals surface area contributed by atoms with Gasteiger partial charge in [0.2, 0.25) is 0 Å². The molecule has 0 aliphatic carbocycles. The Labute approximate surface area is 136 Å². The molecular formula is C20H33NO. The van der Waals surface area contributed by atoms with Crippen molar-refractivity contribution in [3.63, 3.8) is 0 Å². The summed E-state index contributed by atoms with van der Waals surface area (Å²) in [4.78, 5) is 4.65. The summed E-state index contributed by atoms with van der Waals surface area (Å²) in [7, 11) is 0. The van der Waals surface area contributed by atoms with Crippen LogP contribution in [0.3, 0.4) is 0 Å². The first-order valence-corrected chi connectivity index (χ1v) is 8.49. The summed E-state index contributed by atoms with van der Waals surface area (Å²) >= 11 is 0. The van der Waals surface area contributed by atoms with Gasteiger partial charge < -0.3 is 5.11 Å². The lowest BCUT2D eigenvalue weighted by Crippen LogP contribution is -2.12. The molecule has 1 aromatic carbocycles. The highest BCUT2D eigenvalue weighted by atomic mass is 16.3. The maximum Gasteiger partial charge on any atom is 0.128 e. The van der Waals surface area contributed by atoms with Crippen molar-refractivity contribution in [2.75, 3.05) is 0 Å². The molecule has 1 rings (SSSR count). The molecule has 0 aromatic heterocycles. The lowest BCUT2D eigenvalue weighted by molar-refractivity contribution is 0.445. The van der Waals surface area contributed by atoms with Gasteiger partial charge in [0, 0.05) is 17.8 Å². The maximum absolute atomic E-state index is 10.6. The molecule has 0 fully saturated rings. The third-order valence-electron chi connectivity index (χ3n) is 4.10. The van der Waals surface area contributed by atoms with Gasteiger partial charge >= 0.3 is 0 Å². The summed E-state index contributed by atoms with van der Waals surface area (Å²) in [6.45, 7) is 15.0. The van der Waals surface area contributed by atoms with Crippen molar-refractivity contribution in [2.45, 2.75) is 79.2 Å². The first kappa shape index (κ1) is 18.7. The van der Waals surface area contributed by atoms with Gasteiger partial charge in [-0.25, -0.2) is 0 Å². The molecule has 1 atom stereocenters. The van der Waals surface area contributed by atoms with Gasteiger partial charge in [0.15, 0.2) is 0 Å². The van der Waals surface area contributed by atoms with Crippen LogP contribution in [0, 0.1) is 12.8 Å². The third kappa shape index (κ3) is 5.47. The van der Waals surface area contributed by atoms with Crippen LogP contribution in [0.4, 0.5) is 0 Å². The average Bonchev–Trinajstić information content (AvgIpc) is 2.36. The second kappa shape index (κ2) is 7.80. The monoisotopic (exact) mass is 303 g/mol. The zero-order valence-electron chi connectivity index (χ0n) is 15.4. The number of rotatable bonds is 6. The van der Waals surface area contributed by atoms with E-state index in [9.17, 15) is 5.11 Å². The minimum absolute atomic E-state index is 0.0662. The van der Waals surface area contributed by atoms with Crippen LogP contribution in [0.5, 0.6) is 5.75 Å². The van der Waals surface area contributed by atoms with E-state index in [0.29, 0.717) is 11.8 Å². The molecule has 0 amide bonds. The van der Waals surface area contributed by atoms with Crippen LogP contribution in [0.2, 0.25) is 0 Å². The predicted molar refractivity (Wildman–Crippen MR) is 97.3 cm³/mol. The summed E-state index contributed by atoms with van der Waals surface area (Å²) in [5.41, 5.74) is 2.85. The molecule has 0 radical (unpaired) electrons. The van der Waals surface area contributed by atoms with E-state index < -0.39 is 0 Å². The summed E-state index contributed by atoms with van der Waals surface area (Å²) in [6.07, 6.45) is 5.43. The second-order valence-corrected chi connectivity index (χ2v) is 7.89. The molecule has 0 aliphatic heterocycles. The number of aliphatic imine (C=N–C) groups is 1. The van der Waals surface area contributed by atoms with Crippen molar-refractivity contribution >= 4 is 6.21 Å². The highest BCUT2D eigenvalue weighted by molar-refractivity contribution is 5.86. The van der Waals surface area contributed by atoms with Crippen LogP contribution in [0.1, 0.15) is 77.5 Å². The SMILES string of the molecule is Cc1ccc(C(C)(C)C)c(O)c1C=NC(C)CCCC(C)C. The molecule has 22 heavy (non-hydrogen) atoms. The van der Waals surface area contributed by atoms with Crippen molar-refractivity contribution in [3.05, 3.63) is 28.8 Å². The van der Waals surface area contributed by atoms with Crippen LogP contribution >= 0.6 is 0 Å². The molecule has 0 saturated heterocycles. The first-order chi connectivity index (χ1) is 10.1. The molecule has 0 spiro atoms. The van der Waals surface area contributed by atoms with Crippen molar-refractivity contribution in [3.8, 4) is 5.75 Å². The van der Waals surface area contributed by atoms with Gasteiger partial charge in [0.05, 0.1) is 0 Å². The standard InChI is InChI=1S/C20H33NO/c1-14(2)9-8-10-16(4)21-13-17-15(3)11-12-18(19(17)22)20(5,6)7/h11-14,16,22H,8-10H2,1-7H3. The maximum atomic E-state index is 10.6. The highest BCUT2D eigenvalue weighted by Crippen LogP contribution is 2.34. The van der Waals surface area contributed by atoms with Crippen molar-refractivity contribution in [1.29, 1.82) is 0 Å². The fourth-order valence-corrected chi connectivity index (χ4v) is 2.57. The number of aryl methyl sites for hydroxylation is 1. The van der Waals surface area contributed by atoms with E-state index in [0.717, 1.165) is 29.0 Å². The molecule has 0 bridgehead atoms. The summed E-state index contributed by atoms with van der Waals surface area (Å²) in [6, 6.07) is 4.40. The minimum Gasteiger partial charge on any atom is -0.507 e. The highest BCUT2D eigenvalue weighted by Gasteiger charge is 2.20. The topological polar surface area (TPSA) is 32.6 Å². The molecule has 0 heterocycles. The Morgan fingerprint density at radius 1 is 1.14 bits per heavy atom. The van der Waals surface area contributed by atoms with E-state index in [4.69, 9.17) is 0 Å². The first-order valence-electron chi connectivity index (χ1n) is 8.49. The zero-order chi connectivity index (χ0) is 16.9. The van der Waals surface area contributed by atoms with Crippen LogP contribution in [-0.4, -0.2) is 17.4 Å². The Kier molecular flexibility index (Phi) is 6.65. The van der Waals surface area contributed by atoms with E-state index in [1.807, 2.05) is 19.2 Å². The van der Waals surface area contributed by atoms with Gasteiger partial charge in [-0.15, -0.1) is 0 Å².